The molecule has 6 nitrogen and oxygen atoms in total. The lowest BCUT2D eigenvalue weighted by Gasteiger charge is -2.01. The van der Waals surface area contributed by atoms with Crippen molar-refractivity contribution in [2.24, 2.45) is 0 Å². The van der Waals surface area contributed by atoms with E-state index in [1.807, 2.05) is 37.3 Å². The van der Waals surface area contributed by atoms with Crippen molar-refractivity contribution in [3.8, 4) is 11.3 Å². The summed E-state index contributed by atoms with van der Waals surface area (Å²) in [4.78, 5) is 15.0. The number of aromatic nitrogens is 4. The van der Waals surface area contributed by atoms with E-state index in [0.29, 0.717) is 6.54 Å². The van der Waals surface area contributed by atoms with Crippen LogP contribution in [0.2, 0.25) is 0 Å². The molecule has 0 saturated heterocycles. The zero-order valence-corrected chi connectivity index (χ0v) is 11.5. The average molecular weight is 282 g/mol. The molecule has 0 atom stereocenters. The van der Waals surface area contributed by atoms with Crippen molar-refractivity contribution in [1.82, 2.24) is 20.0 Å². The standard InChI is InChI=1S/C15H14N4O2/c1-10-2-3-11-8-12(4-5-13(11)16-10)14-9-19(18-17-14)7-6-15(20)21/h2-5,8-9H,6-7H2,1H3,(H,20,21). The maximum atomic E-state index is 10.6. The number of carboxylic acid groups (broad SMARTS) is 1. The lowest BCUT2D eigenvalue weighted by atomic mass is 10.1. The van der Waals surface area contributed by atoms with E-state index in [2.05, 4.69) is 15.3 Å². The van der Waals surface area contributed by atoms with Crippen LogP contribution in [0.4, 0.5) is 0 Å². The SMILES string of the molecule is Cc1ccc2cc(-c3cn(CCC(=O)O)nn3)ccc2n1. The molecule has 2 heterocycles. The van der Waals surface area contributed by atoms with Crippen molar-refractivity contribution in [2.75, 3.05) is 0 Å². The number of pyridine rings is 1. The highest BCUT2D eigenvalue weighted by Gasteiger charge is 2.06. The van der Waals surface area contributed by atoms with Gasteiger partial charge in [0.05, 0.1) is 24.7 Å². The second-order valence-electron chi connectivity index (χ2n) is 4.87. The van der Waals surface area contributed by atoms with Crippen LogP contribution in [-0.4, -0.2) is 31.1 Å². The molecule has 1 aromatic carbocycles. The molecule has 0 amide bonds. The summed E-state index contributed by atoms with van der Waals surface area (Å²) >= 11 is 0. The summed E-state index contributed by atoms with van der Waals surface area (Å²) in [7, 11) is 0. The van der Waals surface area contributed by atoms with E-state index < -0.39 is 5.97 Å². The minimum atomic E-state index is -0.848. The van der Waals surface area contributed by atoms with Gasteiger partial charge in [0.1, 0.15) is 5.69 Å². The van der Waals surface area contributed by atoms with Gasteiger partial charge < -0.3 is 5.11 Å². The van der Waals surface area contributed by atoms with Crippen LogP contribution in [0.3, 0.4) is 0 Å². The van der Waals surface area contributed by atoms with Crippen molar-refractivity contribution in [3.63, 3.8) is 0 Å². The van der Waals surface area contributed by atoms with Gasteiger partial charge in [-0.2, -0.15) is 0 Å². The Bertz CT molecular complexity index is 810. The van der Waals surface area contributed by atoms with Gasteiger partial charge in [0.25, 0.3) is 0 Å². The molecule has 2 aromatic heterocycles. The first-order valence-corrected chi connectivity index (χ1v) is 6.61. The van der Waals surface area contributed by atoms with Crippen LogP contribution in [0.25, 0.3) is 22.2 Å². The number of hydrogen-bond donors (Lipinski definition) is 1. The van der Waals surface area contributed by atoms with Gasteiger partial charge in [-0.25, -0.2) is 0 Å². The Morgan fingerprint density at radius 3 is 2.95 bits per heavy atom. The smallest absolute Gasteiger partial charge is 0.305 e. The maximum Gasteiger partial charge on any atom is 0.305 e. The van der Waals surface area contributed by atoms with Crippen LogP contribution in [0.1, 0.15) is 12.1 Å². The van der Waals surface area contributed by atoms with E-state index in [0.717, 1.165) is 27.9 Å². The molecule has 0 spiro atoms. The summed E-state index contributed by atoms with van der Waals surface area (Å²) in [5.74, 6) is -0.848. The molecule has 0 unspecified atom stereocenters. The fraction of sp³-hybridized carbons (Fsp3) is 0.200. The predicted octanol–water partition coefficient (Wildman–Crippen LogP) is 2.28. The van der Waals surface area contributed by atoms with Gasteiger partial charge in [0.15, 0.2) is 0 Å². The molecule has 0 saturated carbocycles. The molecule has 0 bridgehead atoms. The zero-order valence-electron chi connectivity index (χ0n) is 11.5. The van der Waals surface area contributed by atoms with E-state index in [1.54, 1.807) is 10.9 Å². The van der Waals surface area contributed by atoms with E-state index in [1.165, 1.54) is 0 Å². The quantitative estimate of drug-likeness (QED) is 0.794. The predicted molar refractivity (Wildman–Crippen MR) is 77.7 cm³/mol. The molecule has 0 radical (unpaired) electrons. The van der Waals surface area contributed by atoms with Crippen molar-refractivity contribution in [3.05, 3.63) is 42.2 Å². The van der Waals surface area contributed by atoms with E-state index >= 15 is 0 Å². The van der Waals surface area contributed by atoms with Crippen LogP contribution in [-0.2, 0) is 11.3 Å². The minimum absolute atomic E-state index is 0.0315. The summed E-state index contributed by atoms with van der Waals surface area (Å²) in [5.41, 5.74) is 3.59. The van der Waals surface area contributed by atoms with Gasteiger partial charge in [-0.05, 0) is 25.1 Å². The van der Waals surface area contributed by atoms with Gasteiger partial charge in [0, 0.05) is 16.6 Å². The highest BCUT2D eigenvalue weighted by atomic mass is 16.4. The van der Waals surface area contributed by atoms with E-state index in [-0.39, 0.29) is 6.42 Å². The van der Waals surface area contributed by atoms with Crippen LogP contribution < -0.4 is 0 Å². The number of carboxylic acids is 1. The largest absolute Gasteiger partial charge is 0.481 e. The van der Waals surface area contributed by atoms with Crippen LogP contribution >= 0.6 is 0 Å². The Hall–Kier alpha value is -2.76. The third kappa shape index (κ3) is 2.89. The molecule has 3 rings (SSSR count). The minimum Gasteiger partial charge on any atom is -0.481 e. The third-order valence-electron chi connectivity index (χ3n) is 3.22. The highest BCUT2D eigenvalue weighted by Crippen LogP contribution is 2.22. The van der Waals surface area contributed by atoms with Crippen LogP contribution in [0.5, 0.6) is 0 Å². The van der Waals surface area contributed by atoms with E-state index in [9.17, 15) is 4.79 Å². The Kier molecular flexibility index (Phi) is 3.35. The Balaban J connectivity index is 1.89. The third-order valence-corrected chi connectivity index (χ3v) is 3.22. The maximum absolute atomic E-state index is 10.6. The van der Waals surface area contributed by atoms with Crippen molar-refractivity contribution in [1.29, 1.82) is 0 Å². The summed E-state index contributed by atoms with van der Waals surface area (Å²) in [6.07, 6.45) is 1.79. The van der Waals surface area contributed by atoms with Gasteiger partial charge in [-0.3, -0.25) is 14.5 Å². The van der Waals surface area contributed by atoms with Gasteiger partial charge >= 0.3 is 5.97 Å². The van der Waals surface area contributed by atoms with E-state index in [4.69, 9.17) is 5.11 Å². The summed E-state index contributed by atoms with van der Waals surface area (Å²) in [5, 5.41) is 17.7. The molecule has 0 fully saturated rings. The number of carbonyl (C=O) groups is 1. The van der Waals surface area contributed by atoms with Crippen LogP contribution in [0, 0.1) is 6.92 Å². The number of aliphatic carboxylic acids is 1. The summed E-state index contributed by atoms with van der Waals surface area (Å²) in [6, 6.07) is 9.90. The highest BCUT2D eigenvalue weighted by molar-refractivity contribution is 5.83. The first-order chi connectivity index (χ1) is 10.1. The number of hydrogen-bond acceptors (Lipinski definition) is 4. The molecule has 0 aliphatic heterocycles. The number of benzene rings is 1. The molecule has 6 heteroatoms. The van der Waals surface area contributed by atoms with Crippen molar-refractivity contribution >= 4 is 16.9 Å². The molecule has 1 N–H and O–H groups in total. The number of nitrogens with zero attached hydrogens (tertiary/aromatic N) is 4. The fourth-order valence-electron chi connectivity index (χ4n) is 2.14. The van der Waals surface area contributed by atoms with Crippen molar-refractivity contribution in [2.45, 2.75) is 19.9 Å². The monoisotopic (exact) mass is 282 g/mol. The van der Waals surface area contributed by atoms with Gasteiger partial charge in [-0.1, -0.05) is 17.3 Å². The number of aryl methyl sites for hydroxylation is 2. The molecular weight excluding hydrogens is 268 g/mol. The summed E-state index contributed by atoms with van der Waals surface area (Å²) < 4.78 is 1.54. The lowest BCUT2D eigenvalue weighted by Crippen LogP contribution is -2.04. The van der Waals surface area contributed by atoms with Crippen LogP contribution in [0.15, 0.2) is 36.5 Å². The second-order valence-corrected chi connectivity index (χ2v) is 4.87. The second kappa shape index (κ2) is 5.32. The molecule has 21 heavy (non-hydrogen) atoms. The lowest BCUT2D eigenvalue weighted by molar-refractivity contribution is -0.137. The summed E-state index contributed by atoms with van der Waals surface area (Å²) in [6.45, 7) is 2.28. The average Bonchev–Trinajstić information content (AvgIpc) is 2.93. The number of rotatable bonds is 4. The van der Waals surface area contributed by atoms with Gasteiger partial charge in [-0.15, -0.1) is 5.10 Å². The molecule has 0 aliphatic carbocycles. The Morgan fingerprint density at radius 2 is 2.14 bits per heavy atom. The molecule has 0 aliphatic rings. The first kappa shape index (κ1) is 13.2. The normalized spacial score (nSPS) is 10.9. The number of fused-ring (bicyclic) bond motifs is 1. The topological polar surface area (TPSA) is 80.9 Å². The Labute approximate surface area is 121 Å². The molecular formula is C15H14N4O2. The Morgan fingerprint density at radius 1 is 1.29 bits per heavy atom. The fourth-order valence-corrected chi connectivity index (χ4v) is 2.14. The molecule has 106 valence electrons. The zero-order chi connectivity index (χ0) is 14.8. The van der Waals surface area contributed by atoms with Crippen molar-refractivity contribution < 1.29 is 9.90 Å². The van der Waals surface area contributed by atoms with Gasteiger partial charge in [0.2, 0.25) is 0 Å². The first-order valence-electron chi connectivity index (χ1n) is 6.61. The molecule has 3 aromatic rings.